The van der Waals surface area contributed by atoms with Gasteiger partial charge in [-0.15, -0.1) is 0 Å². The van der Waals surface area contributed by atoms with E-state index in [2.05, 4.69) is 5.32 Å². The lowest BCUT2D eigenvalue weighted by atomic mass is 10.1. The molecule has 0 fully saturated rings. The Morgan fingerprint density at radius 1 is 1.25 bits per heavy atom. The van der Waals surface area contributed by atoms with Crippen molar-refractivity contribution in [3.05, 3.63) is 64.1 Å². The lowest BCUT2D eigenvalue weighted by molar-refractivity contribution is -0.134. The maximum atomic E-state index is 13.3. The number of carbonyl (C=O) groups excluding carboxylic acids is 1. The first-order chi connectivity index (χ1) is 13.3. The summed E-state index contributed by atoms with van der Waals surface area (Å²) in [5, 5.41) is 11.6. The molecule has 2 N–H and O–H groups in total. The number of carbonyl (C=O) groups is 2. The van der Waals surface area contributed by atoms with E-state index < -0.39 is 11.9 Å². The van der Waals surface area contributed by atoms with Crippen LogP contribution in [0.5, 0.6) is 11.5 Å². The lowest BCUT2D eigenvalue weighted by Gasteiger charge is -2.15. The minimum atomic E-state index is -1.30. The highest BCUT2D eigenvalue weighted by atomic mass is 35.5. The van der Waals surface area contributed by atoms with Crippen molar-refractivity contribution in [2.24, 2.45) is 0 Å². The number of benzene rings is 2. The summed E-state index contributed by atoms with van der Waals surface area (Å²) in [6.07, 6.45) is 1.26. The van der Waals surface area contributed by atoms with Gasteiger partial charge in [-0.25, -0.2) is 9.18 Å². The summed E-state index contributed by atoms with van der Waals surface area (Å²) in [6, 6.07) is 8.98. The molecule has 28 heavy (non-hydrogen) atoms. The number of carboxylic acid groups (broad SMARTS) is 1. The Labute approximate surface area is 166 Å². The van der Waals surface area contributed by atoms with E-state index in [1.165, 1.54) is 31.2 Å². The second kappa shape index (κ2) is 9.75. The fourth-order valence-electron chi connectivity index (χ4n) is 2.36. The van der Waals surface area contributed by atoms with Gasteiger partial charge in [0.25, 0.3) is 0 Å². The number of rotatable bonds is 8. The Kier molecular flexibility index (Phi) is 7.40. The largest absolute Gasteiger partial charge is 0.490 e. The Hall–Kier alpha value is -3.06. The van der Waals surface area contributed by atoms with Crippen LogP contribution in [-0.2, 0) is 16.2 Å². The molecule has 0 atom stereocenters. The average molecular weight is 408 g/mol. The first-order valence-corrected chi connectivity index (χ1v) is 8.74. The van der Waals surface area contributed by atoms with E-state index in [-0.39, 0.29) is 28.9 Å². The predicted octanol–water partition coefficient (Wildman–Crippen LogP) is 4.02. The van der Waals surface area contributed by atoms with E-state index in [0.717, 1.165) is 0 Å². The summed E-state index contributed by atoms with van der Waals surface area (Å²) in [4.78, 5) is 22.5. The van der Waals surface area contributed by atoms with Crippen LogP contribution in [0, 0.1) is 5.82 Å². The molecule has 8 heteroatoms. The smallest absolute Gasteiger partial charge is 0.352 e. The van der Waals surface area contributed by atoms with Crippen molar-refractivity contribution >= 4 is 29.6 Å². The van der Waals surface area contributed by atoms with Crippen molar-refractivity contribution in [2.75, 3.05) is 6.61 Å². The van der Waals surface area contributed by atoms with Crippen LogP contribution in [0.15, 0.2) is 42.1 Å². The van der Waals surface area contributed by atoms with Gasteiger partial charge in [-0.05, 0) is 48.4 Å². The highest BCUT2D eigenvalue weighted by Crippen LogP contribution is 2.37. The van der Waals surface area contributed by atoms with Gasteiger partial charge < -0.3 is 19.9 Å². The van der Waals surface area contributed by atoms with Crippen molar-refractivity contribution in [1.29, 1.82) is 0 Å². The number of aliphatic carboxylic acids is 1. The van der Waals surface area contributed by atoms with Gasteiger partial charge in [0, 0.05) is 6.92 Å². The molecule has 0 saturated heterocycles. The van der Waals surface area contributed by atoms with E-state index in [9.17, 15) is 19.1 Å². The van der Waals surface area contributed by atoms with Crippen LogP contribution in [0.25, 0.3) is 6.08 Å². The number of nitrogens with one attached hydrogen (secondary N) is 1. The third kappa shape index (κ3) is 5.99. The molecule has 0 unspecified atom stereocenters. The zero-order valence-corrected chi connectivity index (χ0v) is 16.0. The molecule has 0 aliphatic heterocycles. The highest BCUT2D eigenvalue weighted by Gasteiger charge is 2.15. The first-order valence-electron chi connectivity index (χ1n) is 8.36. The fraction of sp³-hybridized carbons (Fsp3) is 0.200. The Bertz CT molecular complexity index is 913. The molecule has 0 spiro atoms. The van der Waals surface area contributed by atoms with Gasteiger partial charge >= 0.3 is 5.97 Å². The molecule has 2 aromatic carbocycles. The van der Waals surface area contributed by atoms with E-state index in [0.29, 0.717) is 23.5 Å². The zero-order chi connectivity index (χ0) is 20.7. The number of halogens is 2. The summed E-state index contributed by atoms with van der Waals surface area (Å²) in [5.41, 5.74) is 0.707. The third-order valence-electron chi connectivity index (χ3n) is 3.46. The number of amides is 1. The van der Waals surface area contributed by atoms with Crippen molar-refractivity contribution in [3.63, 3.8) is 0 Å². The molecule has 1 amide bonds. The van der Waals surface area contributed by atoms with Crippen LogP contribution >= 0.6 is 11.6 Å². The van der Waals surface area contributed by atoms with Crippen molar-refractivity contribution in [1.82, 2.24) is 5.32 Å². The molecule has 2 rings (SSSR count). The van der Waals surface area contributed by atoms with Crippen LogP contribution < -0.4 is 14.8 Å². The maximum Gasteiger partial charge on any atom is 0.352 e. The van der Waals surface area contributed by atoms with Crippen LogP contribution in [-0.4, -0.2) is 23.6 Å². The van der Waals surface area contributed by atoms with Crippen molar-refractivity contribution in [3.8, 4) is 11.5 Å². The van der Waals surface area contributed by atoms with Gasteiger partial charge in [0.15, 0.2) is 11.5 Å². The molecule has 2 aromatic rings. The van der Waals surface area contributed by atoms with Gasteiger partial charge in [0.2, 0.25) is 5.91 Å². The normalized spacial score (nSPS) is 11.1. The molecule has 148 valence electrons. The molecule has 0 aliphatic rings. The van der Waals surface area contributed by atoms with E-state index >= 15 is 0 Å². The highest BCUT2D eigenvalue weighted by molar-refractivity contribution is 6.32. The number of carboxylic acids is 1. The van der Waals surface area contributed by atoms with Crippen LogP contribution in [0.2, 0.25) is 5.02 Å². The van der Waals surface area contributed by atoms with Crippen LogP contribution in [0.3, 0.4) is 0 Å². The summed E-state index contributed by atoms with van der Waals surface area (Å²) in [7, 11) is 0. The van der Waals surface area contributed by atoms with Crippen molar-refractivity contribution in [2.45, 2.75) is 20.5 Å². The second-order valence-electron chi connectivity index (χ2n) is 5.73. The van der Waals surface area contributed by atoms with E-state index in [1.807, 2.05) is 0 Å². The number of ether oxygens (including phenoxy) is 2. The van der Waals surface area contributed by atoms with Gasteiger partial charge in [-0.2, -0.15) is 0 Å². The molecule has 0 radical (unpaired) electrons. The molecule has 0 saturated carbocycles. The molecule has 0 aromatic heterocycles. The molecular weight excluding hydrogens is 389 g/mol. The van der Waals surface area contributed by atoms with Gasteiger partial charge in [-0.3, -0.25) is 4.79 Å². The van der Waals surface area contributed by atoms with E-state index in [4.69, 9.17) is 21.1 Å². The van der Waals surface area contributed by atoms with Gasteiger partial charge in [-0.1, -0.05) is 23.7 Å². The molecule has 6 nitrogen and oxygen atoms in total. The SMILES string of the molecule is CCOc1cc(/C=C(/NC(C)=O)C(=O)O)cc(Cl)c1OCc1cccc(F)c1. The first kappa shape index (κ1) is 21.2. The number of hydrogen-bond donors (Lipinski definition) is 2. The minimum Gasteiger partial charge on any atom is -0.490 e. The summed E-state index contributed by atoms with van der Waals surface area (Å²) in [5.74, 6) is -1.64. The fourth-order valence-corrected chi connectivity index (χ4v) is 2.64. The summed E-state index contributed by atoms with van der Waals surface area (Å²) >= 11 is 6.29. The Morgan fingerprint density at radius 3 is 2.61 bits per heavy atom. The topological polar surface area (TPSA) is 84.9 Å². The van der Waals surface area contributed by atoms with Crippen LogP contribution in [0.4, 0.5) is 4.39 Å². The molecular formula is C20H19ClFNO5. The maximum absolute atomic E-state index is 13.3. The lowest BCUT2D eigenvalue weighted by Crippen LogP contribution is -2.24. The van der Waals surface area contributed by atoms with Crippen LogP contribution in [0.1, 0.15) is 25.0 Å². The quantitative estimate of drug-likeness (QED) is 0.645. The Balaban J connectivity index is 2.34. The summed E-state index contributed by atoms with van der Waals surface area (Å²) in [6.45, 7) is 3.36. The molecule has 0 aliphatic carbocycles. The standard InChI is InChI=1S/C20H19ClFNO5/c1-3-27-18-10-14(9-17(20(25)26)23-12(2)24)8-16(21)19(18)28-11-13-5-4-6-15(22)7-13/h4-10H,3,11H2,1-2H3,(H,23,24)(H,25,26)/b17-9+. The van der Waals surface area contributed by atoms with E-state index in [1.54, 1.807) is 25.1 Å². The average Bonchev–Trinajstić information content (AvgIpc) is 2.60. The Morgan fingerprint density at radius 2 is 2.00 bits per heavy atom. The third-order valence-corrected chi connectivity index (χ3v) is 3.74. The minimum absolute atomic E-state index is 0.0685. The molecule has 0 bridgehead atoms. The monoisotopic (exact) mass is 407 g/mol. The molecule has 0 heterocycles. The number of hydrogen-bond acceptors (Lipinski definition) is 4. The summed E-state index contributed by atoms with van der Waals surface area (Å²) < 4.78 is 24.6. The van der Waals surface area contributed by atoms with Gasteiger partial charge in [0.1, 0.15) is 18.1 Å². The zero-order valence-electron chi connectivity index (χ0n) is 15.3. The predicted molar refractivity (Wildman–Crippen MR) is 103 cm³/mol. The van der Waals surface area contributed by atoms with Crippen molar-refractivity contribution < 1.29 is 28.6 Å². The second-order valence-corrected chi connectivity index (χ2v) is 6.13. The van der Waals surface area contributed by atoms with Gasteiger partial charge in [0.05, 0.1) is 11.6 Å².